The van der Waals surface area contributed by atoms with Gasteiger partial charge >= 0.3 is 0 Å². The smallest absolute Gasteiger partial charge is 0.116 e. The highest BCUT2D eigenvalue weighted by molar-refractivity contribution is 6.30. The molecule has 0 spiro atoms. The second-order valence-electron chi connectivity index (χ2n) is 7.00. The fourth-order valence-electron chi connectivity index (χ4n) is 4.66. The summed E-state index contributed by atoms with van der Waals surface area (Å²) in [5, 5.41) is 12.6. The number of fused-ring (bicyclic) bond motifs is 2. The maximum Gasteiger partial charge on any atom is 0.116 e. The molecule has 2 N–H and O–H groups in total. The molecule has 4 unspecified atom stereocenters. The summed E-state index contributed by atoms with van der Waals surface area (Å²) in [5.41, 5.74) is -0.395. The van der Waals surface area contributed by atoms with E-state index < -0.39 is 11.0 Å². The van der Waals surface area contributed by atoms with E-state index in [0.717, 1.165) is 17.8 Å². The number of benzene rings is 1. The Morgan fingerprint density at radius 3 is 3.00 bits per heavy atom. The van der Waals surface area contributed by atoms with Gasteiger partial charge in [0.25, 0.3) is 0 Å². The first-order valence-electron chi connectivity index (χ1n) is 8.23. The van der Waals surface area contributed by atoms with Gasteiger partial charge in [-0.3, -0.25) is 0 Å². The molecule has 24 heavy (non-hydrogen) atoms. The maximum atomic E-state index is 11.9. The highest BCUT2D eigenvalue weighted by Crippen LogP contribution is 2.61. The van der Waals surface area contributed by atoms with Crippen LogP contribution < -0.4 is 0 Å². The molecule has 1 heterocycles. The highest BCUT2D eigenvalue weighted by atomic mass is 35.5. The first-order valence-corrected chi connectivity index (χ1v) is 8.61. The molecule has 2 aliphatic carbocycles. The van der Waals surface area contributed by atoms with Gasteiger partial charge in [-0.05, 0) is 36.5 Å². The van der Waals surface area contributed by atoms with Crippen molar-refractivity contribution in [3.05, 3.63) is 65.2 Å². The lowest BCUT2D eigenvalue weighted by Gasteiger charge is -2.45. The lowest BCUT2D eigenvalue weighted by atomic mass is 9.65. The molecule has 1 fully saturated rings. The van der Waals surface area contributed by atoms with Crippen LogP contribution in [0.1, 0.15) is 30.1 Å². The van der Waals surface area contributed by atoms with Gasteiger partial charge in [-0.25, -0.2) is 4.98 Å². The van der Waals surface area contributed by atoms with Crippen molar-refractivity contribution in [2.45, 2.75) is 24.4 Å². The average molecular weight is 345 g/mol. The molecule has 2 bridgehead atoms. The van der Waals surface area contributed by atoms with Crippen molar-refractivity contribution in [3.8, 4) is 0 Å². The Balaban J connectivity index is 1.86. The predicted octanol–water partition coefficient (Wildman–Crippen LogP) is 3.54. The van der Waals surface area contributed by atoms with Crippen molar-refractivity contribution in [1.29, 1.82) is 0 Å². The molecule has 4 nitrogen and oxygen atoms in total. The summed E-state index contributed by atoms with van der Waals surface area (Å²) in [4.78, 5) is 7.66. The number of nitrogens with one attached hydrogen (secondary N) is 1. The molecular formula is C19H21ClN2O2. The van der Waals surface area contributed by atoms with E-state index in [1.165, 1.54) is 0 Å². The van der Waals surface area contributed by atoms with Crippen molar-refractivity contribution in [1.82, 2.24) is 9.97 Å². The summed E-state index contributed by atoms with van der Waals surface area (Å²) in [5.74, 6) is 0.856. The van der Waals surface area contributed by atoms with Crippen LogP contribution in [0.3, 0.4) is 0 Å². The minimum atomic E-state index is -0.967. The van der Waals surface area contributed by atoms with E-state index >= 15 is 0 Å². The first kappa shape index (κ1) is 15.9. The number of aromatic nitrogens is 2. The van der Waals surface area contributed by atoms with Crippen molar-refractivity contribution in [2.24, 2.45) is 11.3 Å². The van der Waals surface area contributed by atoms with E-state index in [4.69, 9.17) is 16.3 Å². The average Bonchev–Trinajstić information content (AvgIpc) is 3.24. The van der Waals surface area contributed by atoms with Crippen LogP contribution in [0.4, 0.5) is 0 Å². The number of halogens is 1. The van der Waals surface area contributed by atoms with Gasteiger partial charge in [0.2, 0.25) is 0 Å². The van der Waals surface area contributed by atoms with Crippen molar-refractivity contribution in [2.75, 3.05) is 13.7 Å². The largest absolute Gasteiger partial charge is 0.388 e. The van der Waals surface area contributed by atoms with Crippen LogP contribution in [0, 0.1) is 11.3 Å². The summed E-state index contributed by atoms with van der Waals surface area (Å²) in [6.45, 7) is 0.494. The molecule has 1 aromatic carbocycles. The molecule has 2 aromatic rings. The second-order valence-corrected chi connectivity index (χ2v) is 7.44. The van der Waals surface area contributed by atoms with E-state index in [-0.39, 0.29) is 5.92 Å². The van der Waals surface area contributed by atoms with Gasteiger partial charge < -0.3 is 14.8 Å². The van der Waals surface area contributed by atoms with E-state index in [9.17, 15) is 5.11 Å². The third kappa shape index (κ3) is 2.25. The molecule has 4 atom stereocenters. The lowest BCUT2D eigenvalue weighted by Crippen LogP contribution is -2.51. The van der Waals surface area contributed by atoms with Crippen molar-refractivity contribution in [3.63, 3.8) is 0 Å². The monoisotopic (exact) mass is 344 g/mol. The van der Waals surface area contributed by atoms with Crippen LogP contribution in [0.25, 0.3) is 0 Å². The number of aromatic amines is 1. The quantitative estimate of drug-likeness (QED) is 0.816. The number of allylic oxidation sites excluding steroid dienone is 1. The Kier molecular flexibility index (Phi) is 3.79. The SMILES string of the molecule is COCC12C=CC(C1)CC2(O)C(c1cccc(Cl)c1)c1ncc[nH]1. The van der Waals surface area contributed by atoms with Gasteiger partial charge in [-0.15, -0.1) is 0 Å². The summed E-state index contributed by atoms with van der Waals surface area (Å²) in [6.07, 6.45) is 9.49. The first-order chi connectivity index (χ1) is 11.6. The number of rotatable bonds is 5. The highest BCUT2D eigenvalue weighted by Gasteiger charge is 2.62. The second kappa shape index (κ2) is 5.73. The van der Waals surface area contributed by atoms with Crippen LogP contribution in [0.15, 0.2) is 48.8 Å². The number of aliphatic hydroxyl groups is 1. The Morgan fingerprint density at radius 2 is 2.33 bits per heavy atom. The number of methoxy groups -OCH3 is 1. The molecule has 0 amide bonds. The number of ether oxygens (including phenoxy) is 1. The van der Waals surface area contributed by atoms with Crippen LogP contribution >= 0.6 is 11.6 Å². The summed E-state index contributed by atoms with van der Waals surface area (Å²) >= 11 is 6.23. The maximum absolute atomic E-state index is 11.9. The molecule has 1 aromatic heterocycles. The van der Waals surface area contributed by atoms with Crippen LogP contribution in [0.2, 0.25) is 5.02 Å². The van der Waals surface area contributed by atoms with Gasteiger partial charge in [0.15, 0.2) is 0 Å². The fourth-order valence-corrected chi connectivity index (χ4v) is 4.86. The van der Waals surface area contributed by atoms with Crippen molar-refractivity contribution >= 4 is 11.6 Å². The normalized spacial score (nSPS) is 32.4. The van der Waals surface area contributed by atoms with Gasteiger partial charge in [0.1, 0.15) is 5.82 Å². The molecular weight excluding hydrogens is 324 g/mol. The minimum absolute atomic E-state index is 0.281. The molecule has 1 saturated carbocycles. The van der Waals surface area contributed by atoms with E-state index in [0.29, 0.717) is 24.0 Å². The van der Waals surface area contributed by atoms with Gasteiger partial charge in [-0.1, -0.05) is 35.9 Å². The third-order valence-electron chi connectivity index (χ3n) is 5.60. The molecule has 5 heteroatoms. The van der Waals surface area contributed by atoms with Gasteiger partial charge in [-0.2, -0.15) is 0 Å². The summed E-state index contributed by atoms with van der Waals surface area (Å²) in [6, 6.07) is 7.69. The lowest BCUT2D eigenvalue weighted by molar-refractivity contribution is -0.0823. The number of imidazole rings is 1. The van der Waals surface area contributed by atoms with Crippen LogP contribution in [-0.2, 0) is 4.74 Å². The standard InChI is InChI=1S/C19H21ClN2O2/c1-24-12-18-6-5-13(10-18)11-19(18,23)16(17-21-7-8-22-17)14-3-2-4-15(20)9-14/h2-9,13,16,23H,10-12H2,1H3,(H,21,22). The Bertz CT molecular complexity index is 760. The number of hydrogen-bond acceptors (Lipinski definition) is 3. The van der Waals surface area contributed by atoms with Gasteiger partial charge in [0.05, 0.1) is 18.1 Å². The zero-order chi connectivity index (χ0) is 16.8. The number of nitrogens with zero attached hydrogens (tertiary/aromatic N) is 1. The van der Waals surface area contributed by atoms with Crippen molar-refractivity contribution < 1.29 is 9.84 Å². The molecule has 4 rings (SSSR count). The molecule has 126 valence electrons. The van der Waals surface area contributed by atoms with Crippen LogP contribution in [0.5, 0.6) is 0 Å². The van der Waals surface area contributed by atoms with E-state index in [1.54, 1.807) is 19.5 Å². The number of H-pyrrole nitrogens is 1. The molecule has 2 aliphatic rings. The van der Waals surface area contributed by atoms with Gasteiger partial charge in [0, 0.05) is 29.9 Å². The predicted molar refractivity (Wildman–Crippen MR) is 93.0 cm³/mol. The third-order valence-corrected chi connectivity index (χ3v) is 5.84. The number of hydrogen-bond donors (Lipinski definition) is 2. The Morgan fingerprint density at radius 1 is 1.46 bits per heavy atom. The zero-order valence-corrected chi connectivity index (χ0v) is 14.3. The summed E-state index contributed by atoms with van der Waals surface area (Å²) < 4.78 is 5.50. The fraction of sp³-hybridized carbons (Fsp3) is 0.421. The molecule has 0 saturated heterocycles. The van der Waals surface area contributed by atoms with E-state index in [1.807, 2.05) is 24.3 Å². The Labute approximate surface area is 146 Å². The molecule has 0 aliphatic heterocycles. The Hall–Kier alpha value is -1.62. The summed E-state index contributed by atoms with van der Waals surface area (Å²) in [7, 11) is 1.69. The van der Waals surface area contributed by atoms with E-state index in [2.05, 4.69) is 22.1 Å². The topological polar surface area (TPSA) is 58.1 Å². The minimum Gasteiger partial charge on any atom is -0.388 e. The molecule has 0 radical (unpaired) electrons. The zero-order valence-electron chi connectivity index (χ0n) is 13.6. The van der Waals surface area contributed by atoms with Crippen LogP contribution in [-0.4, -0.2) is 34.4 Å².